The van der Waals surface area contributed by atoms with Gasteiger partial charge in [0.2, 0.25) is 5.91 Å². The number of hydrogen-bond donors (Lipinski definition) is 0. The molecule has 0 spiro atoms. The van der Waals surface area contributed by atoms with Crippen molar-refractivity contribution in [3.8, 4) is 6.07 Å². The summed E-state index contributed by atoms with van der Waals surface area (Å²) in [6, 6.07) is 16.1. The number of amides is 1. The minimum atomic E-state index is -0.200. The highest BCUT2D eigenvalue weighted by Gasteiger charge is 2.38. The van der Waals surface area contributed by atoms with E-state index >= 15 is 0 Å². The minimum Gasteiger partial charge on any atom is -0.344 e. The van der Waals surface area contributed by atoms with E-state index in [1.54, 1.807) is 4.90 Å². The molecule has 0 aromatic heterocycles. The van der Waals surface area contributed by atoms with E-state index in [9.17, 15) is 10.1 Å². The van der Waals surface area contributed by atoms with Gasteiger partial charge in [0, 0.05) is 27.5 Å². The molecule has 2 aliphatic rings. The van der Waals surface area contributed by atoms with Crippen LogP contribution in [-0.4, -0.2) is 23.4 Å². The van der Waals surface area contributed by atoms with Gasteiger partial charge in [-0.1, -0.05) is 57.5 Å². The van der Waals surface area contributed by atoms with Gasteiger partial charge in [-0.3, -0.25) is 9.69 Å². The summed E-state index contributed by atoms with van der Waals surface area (Å²) in [5.74, 6) is 0.498. The molecule has 1 amide bonds. The number of nitrogens with zero attached hydrogens (tertiary/aromatic N) is 3. The molecule has 2 aliphatic heterocycles. The van der Waals surface area contributed by atoms with Crippen molar-refractivity contribution in [2.45, 2.75) is 19.3 Å². The van der Waals surface area contributed by atoms with E-state index in [1.807, 2.05) is 49.4 Å². The monoisotopic (exact) mass is 473 g/mol. The van der Waals surface area contributed by atoms with Crippen molar-refractivity contribution in [3.05, 3.63) is 73.7 Å². The summed E-state index contributed by atoms with van der Waals surface area (Å²) in [7, 11) is 0. The number of rotatable bonds is 2. The highest BCUT2D eigenvalue weighted by molar-refractivity contribution is 9.10. The summed E-state index contributed by atoms with van der Waals surface area (Å²) in [6.07, 6.45) is 0.298. The molecule has 4 nitrogen and oxygen atoms in total. The lowest BCUT2D eigenvalue weighted by Crippen LogP contribution is -2.47. The van der Waals surface area contributed by atoms with Crippen molar-refractivity contribution >= 4 is 50.9 Å². The molecule has 1 fully saturated rings. The first-order valence-electron chi connectivity index (χ1n) is 8.82. The molecule has 2 aromatic rings. The fraction of sp³-hybridized carbons (Fsp3) is 0.238. The van der Waals surface area contributed by atoms with Gasteiger partial charge in [-0.15, -0.1) is 0 Å². The number of carbonyl (C=O) groups is 1. The second-order valence-corrected chi connectivity index (χ2v) is 9.11. The second-order valence-electron chi connectivity index (χ2n) is 6.85. The summed E-state index contributed by atoms with van der Waals surface area (Å²) < 4.78 is 0.945. The molecule has 0 radical (unpaired) electrons. The van der Waals surface area contributed by atoms with Crippen molar-refractivity contribution in [1.29, 1.82) is 5.26 Å². The molecule has 0 aliphatic carbocycles. The number of benzene rings is 2. The Kier molecular flexibility index (Phi) is 5.42. The number of fused-ring (bicyclic) bond motifs is 1. The van der Waals surface area contributed by atoms with Crippen LogP contribution in [0.1, 0.15) is 23.5 Å². The van der Waals surface area contributed by atoms with Crippen molar-refractivity contribution in [2.24, 2.45) is 0 Å². The van der Waals surface area contributed by atoms with Crippen LogP contribution < -0.4 is 4.90 Å². The number of anilines is 1. The van der Waals surface area contributed by atoms with Gasteiger partial charge in [0.1, 0.15) is 0 Å². The van der Waals surface area contributed by atoms with Gasteiger partial charge in [0.05, 0.1) is 29.2 Å². The fourth-order valence-corrected chi connectivity index (χ4v) is 5.27. The van der Waals surface area contributed by atoms with Gasteiger partial charge in [0.25, 0.3) is 0 Å². The SMILES string of the molecule is Cc1ccc(N2CSC3=C(C#N)[C@@H](c4cccc(Br)c4)CC(=O)N3C2)cc1Cl. The molecule has 0 unspecified atom stereocenters. The lowest BCUT2D eigenvalue weighted by Gasteiger charge is -2.42. The standard InChI is InChI=1S/C21H17BrClN3OS/c1-13-5-6-16(8-19(13)23)25-11-26-20(27)9-17(14-3-2-4-15(22)7-14)18(10-24)21(26)28-12-25/h2-8,17H,9,11-12H2,1H3/t17-/m1/s1. The van der Waals surface area contributed by atoms with Crippen LogP contribution in [-0.2, 0) is 4.79 Å². The molecule has 4 rings (SSSR count). The number of allylic oxidation sites excluding steroid dienone is 1. The van der Waals surface area contributed by atoms with Gasteiger partial charge >= 0.3 is 0 Å². The molecule has 2 heterocycles. The summed E-state index contributed by atoms with van der Waals surface area (Å²) in [6.45, 7) is 2.39. The number of aryl methyl sites for hydroxylation is 1. The third-order valence-corrected chi connectivity index (χ3v) is 7.12. The normalized spacial score (nSPS) is 19.5. The van der Waals surface area contributed by atoms with Crippen molar-refractivity contribution < 1.29 is 4.79 Å². The van der Waals surface area contributed by atoms with Gasteiger partial charge in [-0.2, -0.15) is 5.26 Å². The summed E-state index contributed by atoms with van der Waals surface area (Å²) >= 11 is 11.3. The van der Waals surface area contributed by atoms with Crippen LogP contribution in [0.4, 0.5) is 5.69 Å². The van der Waals surface area contributed by atoms with E-state index in [4.69, 9.17) is 11.6 Å². The first-order valence-corrected chi connectivity index (χ1v) is 11.0. The highest BCUT2D eigenvalue weighted by Crippen LogP contribution is 2.43. The van der Waals surface area contributed by atoms with E-state index in [2.05, 4.69) is 26.9 Å². The highest BCUT2D eigenvalue weighted by atomic mass is 79.9. The van der Waals surface area contributed by atoms with Gasteiger partial charge < -0.3 is 4.90 Å². The van der Waals surface area contributed by atoms with Crippen LogP contribution in [0, 0.1) is 18.3 Å². The van der Waals surface area contributed by atoms with E-state index in [-0.39, 0.29) is 11.8 Å². The maximum absolute atomic E-state index is 13.0. The average molecular weight is 475 g/mol. The van der Waals surface area contributed by atoms with Gasteiger partial charge in [-0.25, -0.2) is 0 Å². The Balaban J connectivity index is 1.67. The smallest absolute Gasteiger partial charge is 0.229 e. The lowest BCUT2D eigenvalue weighted by molar-refractivity contribution is -0.129. The molecule has 0 saturated carbocycles. The maximum atomic E-state index is 13.0. The molecule has 1 atom stereocenters. The van der Waals surface area contributed by atoms with E-state index < -0.39 is 0 Å². The zero-order valence-electron chi connectivity index (χ0n) is 15.2. The van der Waals surface area contributed by atoms with E-state index in [0.29, 0.717) is 29.6 Å². The molecule has 0 N–H and O–H groups in total. The molecule has 0 bridgehead atoms. The van der Waals surface area contributed by atoms with Crippen molar-refractivity contribution in [2.75, 3.05) is 17.4 Å². The first kappa shape index (κ1) is 19.4. The van der Waals surface area contributed by atoms with E-state index in [1.165, 1.54) is 11.8 Å². The third-order valence-electron chi connectivity index (χ3n) is 5.07. The zero-order chi connectivity index (χ0) is 19.8. The molecular weight excluding hydrogens is 458 g/mol. The largest absolute Gasteiger partial charge is 0.344 e. The first-order chi connectivity index (χ1) is 13.5. The van der Waals surface area contributed by atoms with Crippen LogP contribution in [0.5, 0.6) is 0 Å². The quantitative estimate of drug-likeness (QED) is 0.566. The average Bonchev–Trinajstić information content (AvgIpc) is 2.70. The molecule has 2 aromatic carbocycles. The Morgan fingerprint density at radius 1 is 1.29 bits per heavy atom. The Morgan fingerprint density at radius 3 is 2.82 bits per heavy atom. The van der Waals surface area contributed by atoms with Crippen molar-refractivity contribution in [3.63, 3.8) is 0 Å². The van der Waals surface area contributed by atoms with E-state index in [0.717, 1.165) is 26.3 Å². The van der Waals surface area contributed by atoms with Crippen molar-refractivity contribution in [1.82, 2.24) is 4.90 Å². The molecule has 1 saturated heterocycles. The Morgan fingerprint density at radius 2 is 2.11 bits per heavy atom. The second kappa shape index (κ2) is 7.82. The Bertz CT molecular complexity index is 1030. The maximum Gasteiger partial charge on any atom is 0.229 e. The van der Waals surface area contributed by atoms with Crippen LogP contribution in [0.2, 0.25) is 5.02 Å². The van der Waals surface area contributed by atoms with Crippen LogP contribution in [0.3, 0.4) is 0 Å². The zero-order valence-corrected chi connectivity index (χ0v) is 18.3. The lowest BCUT2D eigenvalue weighted by atomic mass is 9.86. The van der Waals surface area contributed by atoms with Crippen LogP contribution >= 0.6 is 39.3 Å². The Labute approximate surface area is 181 Å². The molecular formula is C21H17BrClN3OS. The number of thioether (sulfide) groups is 1. The number of carbonyl (C=O) groups excluding carboxylic acids is 1. The summed E-state index contributed by atoms with van der Waals surface area (Å²) in [4.78, 5) is 16.8. The minimum absolute atomic E-state index is 0.0365. The predicted octanol–water partition coefficient (Wildman–Crippen LogP) is 5.63. The number of halogens is 2. The number of nitriles is 1. The molecule has 7 heteroatoms. The van der Waals surface area contributed by atoms with Crippen LogP contribution in [0.15, 0.2) is 57.5 Å². The number of hydrogen-bond acceptors (Lipinski definition) is 4. The summed E-state index contributed by atoms with van der Waals surface area (Å²) in [5.41, 5.74) is 3.65. The Hall–Kier alpha value is -1.94. The molecule has 142 valence electrons. The topological polar surface area (TPSA) is 47.3 Å². The van der Waals surface area contributed by atoms with Gasteiger partial charge in [0.15, 0.2) is 0 Å². The predicted molar refractivity (Wildman–Crippen MR) is 117 cm³/mol. The fourth-order valence-electron chi connectivity index (χ4n) is 3.51. The summed E-state index contributed by atoms with van der Waals surface area (Å²) in [5, 5.41) is 11.4. The third kappa shape index (κ3) is 3.55. The molecule has 28 heavy (non-hydrogen) atoms. The van der Waals surface area contributed by atoms with Gasteiger partial charge in [-0.05, 0) is 42.3 Å². The van der Waals surface area contributed by atoms with Crippen LogP contribution in [0.25, 0.3) is 0 Å².